The molecule has 0 aliphatic carbocycles. The topological polar surface area (TPSA) is 0 Å². The minimum absolute atomic E-state index is 0.126. The van der Waals surface area contributed by atoms with E-state index in [-0.39, 0.29) is 18.8 Å². The number of rotatable bonds is 3. The van der Waals surface area contributed by atoms with Crippen molar-refractivity contribution in [2.45, 2.75) is 39.8 Å². The van der Waals surface area contributed by atoms with Gasteiger partial charge in [0, 0.05) is 0 Å². The molecule has 0 aliphatic rings. The van der Waals surface area contributed by atoms with Crippen molar-refractivity contribution in [2.24, 2.45) is 11.8 Å². The normalized spacial score (nSPS) is 15.5. The number of hydrogen-bond acceptors (Lipinski definition) is 0. The average Bonchev–Trinajstić information content (AvgIpc) is 1.79. The van der Waals surface area contributed by atoms with Gasteiger partial charge in [-0.25, -0.2) is 0 Å². The van der Waals surface area contributed by atoms with Gasteiger partial charge in [-0.3, -0.25) is 0 Å². The van der Waals surface area contributed by atoms with Crippen molar-refractivity contribution in [3.05, 3.63) is 0 Å². The van der Waals surface area contributed by atoms with E-state index in [1.807, 2.05) is 13.8 Å². The van der Waals surface area contributed by atoms with Crippen LogP contribution in [0.3, 0.4) is 0 Å². The van der Waals surface area contributed by atoms with Gasteiger partial charge in [0.1, 0.15) is 0 Å². The Morgan fingerprint density at radius 1 is 1.18 bits per heavy atom. The molecular weight excluding hydrogens is 153 g/mol. The molecule has 0 spiro atoms. The average molecular weight is 168 g/mol. The molecule has 0 fully saturated rings. The van der Waals surface area contributed by atoms with Crippen molar-refractivity contribution in [2.75, 3.05) is 0 Å². The van der Waals surface area contributed by atoms with Crippen molar-refractivity contribution in [3.63, 3.8) is 0 Å². The second kappa shape index (κ2) is 3.98. The minimum Gasteiger partial charge on any atom is -0.171 e. The van der Waals surface area contributed by atoms with E-state index in [1.165, 1.54) is 0 Å². The third-order valence-electron chi connectivity index (χ3n) is 1.71. The minimum atomic E-state index is -4.00. The van der Waals surface area contributed by atoms with E-state index in [0.717, 1.165) is 0 Å². The van der Waals surface area contributed by atoms with Crippen LogP contribution in [0.2, 0.25) is 0 Å². The third-order valence-corrected chi connectivity index (χ3v) is 1.71. The second-order valence-electron chi connectivity index (χ2n) is 3.28. The third kappa shape index (κ3) is 4.27. The second-order valence-corrected chi connectivity index (χ2v) is 3.28. The van der Waals surface area contributed by atoms with Crippen molar-refractivity contribution in [1.29, 1.82) is 0 Å². The number of hydrogen-bond donors (Lipinski definition) is 0. The first-order valence-corrected chi connectivity index (χ1v) is 3.94. The number of alkyl halides is 3. The van der Waals surface area contributed by atoms with Crippen molar-refractivity contribution in [3.8, 4) is 0 Å². The fourth-order valence-electron chi connectivity index (χ4n) is 1.10. The molecule has 3 heteroatoms. The van der Waals surface area contributed by atoms with Crippen LogP contribution in [0.15, 0.2) is 0 Å². The van der Waals surface area contributed by atoms with Gasteiger partial charge in [0.05, 0.1) is 5.92 Å². The zero-order valence-corrected chi connectivity index (χ0v) is 7.20. The van der Waals surface area contributed by atoms with Crippen LogP contribution in [-0.4, -0.2) is 6.18 Å². The van der Waals surface area contributed by atoms with E-state index >= 15 is 0 Å². The smallest absolute Gasteiger partial charge is 0.171 e. The Labute approximate surface area is 65.8 Å². The largest absolute Gasteiger partial charge is 0.391 e. The maximum Gasteiger partial charge on any atom is 0.391 e. The van der Waals surface area contributed by atoms with Crippen LogP contribution >= 0.6 is 0 Å². The van der Waals surface area contributed by atoms with Gasteiger partial charge < -0.3 is 0 Å². The summed E-state index contributed by atoms with van der Waals surface area (Å²) in [6.07, 6.45) is -3.55. The SMILES string of the molecule is CC[C@H](CC(C)C)C(F)(F)F. The molecule has 0 bridgehead atoms. The van der Waals surface area contributed by atoms with Crippen LogP contribution in [0.25, 0.3) is 0 Å². The molecule has 0 aliphatic heterocycles. The summed E-state index contributed by atoms with van der Waals surface area (Å²) in [5, 5.41) is 0. The summed E-state index contributed by atoms with van der Waals surface area (Å²) in [4.78, 5) is 0. The molecule has 0 nitrogen and oxygen atoms in total. The molecule has 0 radical (unpaired) electrons. The molecule has 11 heavy (non-hydrogen) atoms. The Balaban J connectivity index is 3.96. The summed E-state index contributed by atoms with van der Waals surface area (Å²) in [6.45, 7) is 5.21. The summed E-state index contributed by atoms with van der Waals surface area (Å²) in [6, 6.07) is 0. The predicted octanol–water partition coefficient (Wildman–Crippen LogP) is 3.62. The van der Waals surface area contributed by atoms with E-state index in [0.29, 0.717) is 0 Å². The monoisotopic (exact) mass is 168 g/mol. The zero-order valence-electron chi connectivity index (χ0n) is 7.20. The molecule has 0 rings (SSSR count). The molecule has 0 saturated heterocycles. The Kier molecular flexibility index (Phi) is 3.90. The molecule has 0 unspecified atom stereocenters. The highest BCUT2D eigenvalue weighted by Gasteiger charge is 2.37. The molecule has 0 heterocycles. The highest BCUT2D eigenvalue weighted by atomic mass is 19.4. The molecule has 0 aromatic carbocycles. The quantitative estimate of drug-likeness (QED) is 0.603. The molecule has 1 atom stereocenters. The van der Waals surface area contributed by atoms with Crippen LogP contribution in [-0.2, 0) is 0 Å². The Hall–Kier alpha value is -0.210. The van der Waals surface area contributed by atoms with E-state index in [4.69, 9.17) is 0 Å². The van der Waals surface area contributed by atoms with Gasteiger partial charge in [-0.05, 0) is 18.8 Å². The van der Waals surface area contributed by atoms with Gasteiger partial charge in [-0.1, -0.05) is 20.8 Å². The molecule has 0 N–H and O–H groups in total. The summed E-state index contributed by atoms with van der Waals surface area (Å²) >= 11 is 0. The summed E-state index contributed by atoms with van der Waals surface area (Å²) < 4.78 is 36.2. The highest BCUT2D eigenvalue weighted by Crippen LogP contribution is 2.33. The van der Waals surface area contributed by atoms with Crippen LogP contribution in [0.5, 0.6) is 0 Å². The zero-order chi connectivity index (χ0) is 9.07. The van der Waals surface area contributed by atoms with Crippen LogP contribution in [0, 0.1) is 11.8 Å². The van der Waals surface area contributed by atoms with Crippen LogP contribution in [0.1, 0.15) is 33.6 Å². The van der Waals surface area contributed by atoms with Crippen LogP contribution in [0.4, 0.5) is 13.2 Å². The summed E-state index contributed by atoms with van der Waals surface area (Å²) in [7, 11) is 0. The molecule has 0 amide bonds. The maximum absolute atomic E-state index is 12.1. The van der Waals surface area contributed by atoms with Crippen molar-refractivity contribution >= 4 is 0 Å². The molecule has 0 aromatic rings. The first-order chi connectivity index (χ1) is 4.88. The summed E-state index contributed by atoms with van der Waals surface area (Å²) in [5.74, 6) is -0.982. The molecule has 0 saturated carbocycles. The molecule has 68 valence electrons. The van der Waals surface area contributed by atoms with Gasteiger partial charge >= 0.3 is 6.18 Å². The van der Waals surface area contributed by atoms with Gasteiger partial charge in [-0.2, -0.15) is 13.2 Å². The lowest BCUT2D eigenvalue weighted by atomic mass is 9.94. The van der Waals surface area contributed by atoms with E-state index in [2.05, 4.69) is 0 Å². The van der Waals surface area contributed by atoms with E-state index in [9.17, 15) is 13.2 Å². The van der Waals surface area contributed by atoms with Gasteiger partial charge in [0.2, 0.25) is 0 Å². The molecular formula is C8H15F3. The van der Waals surface area contributed by atoms with Crippen LogP contribution < -0.4 is 0 Å². The lowest BCUT2D eigenvalue weighted by Gasteiger charge is -2.19. The van der Waals surface area contributed by atoms with Crippen molar-refractivity contribution in [1.82, 2.24) is 0 Å². The van der Waals surface area contributed by atoms with Crippen molar-refractivity contribution < 1.29 is 13.2 Å². The van der Waals surface area contributed by atoms with Gasteiger partial charge in [0.25, 0.3) is 0 Å². The van der Waals surface area contributed by atoms with E-state index < -0.39 is 12.1 Å². The molecule has 0 aromatic heterocycles. The maximum atomic E-state index is 12.1. The van der Waals surface area contributed by atoms with E-state index in [1.54, 1.807) is 6.92 Å². The first kappa shape index (κ1) is 10.8. The Morgan fingerprint density at radius 3 is 1.73 bits per heavy atom. The Morgan fingerprint density at radius 2 is 1.64 bits per heavy atom. The lowest BCUT2D eigenvalue weighted by molar-refractivity contribution is -0.179. The van der Waals surface area contributed by atoms with Gasteiger partial charge in [0.15, 0.2) is 0 Å². The standard InChI is InChI=1S/C8H15F3/c1-4-7(5-6(2)3)8(9,10)11/h6-7H,4-5H2,1-3H3/t7-/m1/s1. The fourth-order valence-corrected chi connectivity index (χ4v) is 1.10. The number of halogens is 3. The highest BCUT2D eigenvalue weighted by molar-refractivity contribution is 4.67. The first-order valence-electron chi connectivity index (χ1n) is 3.94. The lowest BCUT2D eigenvalue weighted by Crippen LogP contribution is -2.23. The fraction of sp³-hybridized carbons (Fsp3) is 1.00. The van der Waals surface area contributed by atoms with Gasteiger partial charge in [-0.15, -0.1) is 0 Å². The summed E-state index contributed by atoms with van der Waals surface area (Å²) in [5.41, 5.74) is 0. The Bertz CT molecular complexity index is 104. The predicted molar refractivity (Wildman–Crippen MR) is 39.3 cm³/mol.